The Balaban J connectivity index is 2.87. The van der Waals surface area contributed by atoms with Gasteiger partial charge in [-0.3, -0.25) is 4.40 Å². The van der Waals surface area contributed by atoms with E-state index in [-0.39, 0.29) is 0 Å². The summed E-state index contributed by atoms with van der Waals surface area (Å²) in [7, 11) is 1.55. The number of nitrogens with zero attached hydrogens (tertiary/aromatic N) is 3. The van der Waals surface area contributed by atoms with Crippen molar-refractivity contribution in [1.82, 2.24) is 14.4 Å². The smallest absolute Gasteiger partial charge is 0.303 e. The zero-order chi connectivity index (χ0) is 9.42. The fraction of sp³-hybridized carbons (Fsp3) is 0.250. The van der Waals surface area contributed by atoms with E-state index in [1.165, 1.54) is 0 Å². The van der Waals surface area contributed by atoms with Crippen molar-refractivity contribution < 1.29 is 4.74 Å². The van der Waals surface area contributed by atoms with Crippen LogP contribution in [0.5, 0.6) is 6.01 Å². The molecule has 2 heterocycles. The lowest BCUT2D eigenvalue weighted by molar-refractivity contribution is 0.373. The molecule has 0 saturated heterocycles. The predicted molar refractivity (Wildman–Crippen MR) is 49.3 cm³/mol. The van der Waals surface area contributed by atoms with Gasteiger partial charge in [0.1, 0.15) is 11.5 Å². The van der Waals surface area contributed by atoms with Crippen LogP contribution < -0.4 is 4.74 Å². The molecule has 0 spiro atoms. The highest BCUT2D eigenvalue weighted by Crippen LogP contribution is 2.22. The van der Waals surface area contributed by atoms with Crippen molar-refractivity contribution in [2.75, 3.05) is 7.11 Å². The number of fused-ring (bicyclic) bond motifs is 1. The number of imidazole rings is 1. The third-order valence-electron chi connectivity index (χ3n) is 1.91. The molecule has 0 N–H and O–H groups in total. The van der Waals surface area contributed by atoms with Crippen molar-refractivity contribution in [2.45, 2.75) is 6.92 Å². The maximum Gasteiger partial charge on any atom is 0.303 e. The van der Waals surface area contributed by atoms with Crippen molar-refractivity contribution in [3.8, 4) is 6.01 Å². The van der Waals surface area contributed by atoms with Gasteiger partial charge in [-0.1, -0.05) is 11.6 Å². The van der Waals surface area contributed by atoms with Crippen LogP contribution in [-0.2, 0) is 0 Å². The summed E-state index contributed by atoms with van der Waals surface area (Å²) >= 11 is 5.90. The van der Waals surface area contributed by atoms with Gasteiger partial charge < -0.3 is 4.74 Å². The first kappa shape index (κ1) is 8.31. The summed E-state index contributed by atoms with van der Waals surface area (Å²) < 4.78 is 6.80. The van der Waals surface area contributed by atoms with E-state index in [0.29, 0.717) is 11.2 Å². The largest absolute Gasteiger partial charge is 0.468 e. The summed E-state index contributed by atoms with van der Waals surface area (Å²) in [5, 5.41) is 0.449. The highest BCUT2D eigenvalue weighted by atomic mass is 35.5. The third-order valence-corrected chi connectivity index (χ3v) is 2.28. The normalized spacial score (nSPS) is 10.7. The molecule has 0 atom stereocenters. The molecule has 0 aromatic carbocycles. The van der Waals surface area contributed by atoms with Crippen molar-refractivity contribution in [2.24, 2.45) is 0 Å². The highest BCUT2D eigenvalue weighted by molar-refractivity contribution is 6.30. The fourth-order valence-electron chi connectivity index (χ4n) is 1.20. The van der Waals surface area contributed by atoms with Crippen LogP contribution in [0.1, 0.15) is 5.56 Å². The van der Waals surface area contributed by atoms with Crippen molar-refractivity contribution in [3.63, 3.8) is 0 Å². The molecule has 2 aromatic heterocycles. The van der Waals surface area contributed by atoms with E-state index in [2.05, 4.69) is 9.97 Å². The Kier molecular flexibility index (Phi) is 1.84. The van der Waals surface area contributed by atoms with E-state index in [1.807, 2.05) is 6.92 Å². The number of methoxy groups -OCH3 is 1. The zero-order valence-corrected chi connectivity index (χ0v) is 8.04. The topological polar surface area (TPSA) is 39.4 Å². The van der Waals surface area contributed by atoms with Crippen LogP contribution in [0, 0.1) is 6.92 Å². The monoisotopic (exact) mass is 197 g/mol. The van der Waals surface area contributed by atoms with Gasteiger partial charge in [0.15, 0.2) is 0 Å². The Morgan fingerprint density at radius 1 is 1.54 bits per heavy atom. The van der Waals surface area contributed by atoms with Crippen molar-refractivity contribution in [3.05, 3.63) is 23.2 Å². The Labute approximate surface area is 80.1 Å². The molecule has 0 aliphatic carbocycles. The lowest BCUT2D eigenvalue weighted by Crippen LogP contribution is -1.98. The van der Waals surface area contributed by atoms with Crippen molar-refractivity contribution in [1.29, 1.82) is 0 Å². The summed E-state index contributed by atoms with van der Waals surface area (Å²) in [6.07, 6.45) is 3.37. The second kappa shape index (κ2) is 2.88. The van der Waals surface area contributed by atoms with Gasteiger partial charge in [-0.15, -0.1) is 0 Å². The first-order valence-electron chi connectivity index (χ1n) is 3.76. The van der Waals surface area contributed by atoms with Crippen LogP contribution >= 0.6 is 11.6 Å². The number of ether oxygens (including phenoxy) is 1. The van der Waals surface area contributed by atoms with E-state index in [0.717, 1.165) is 11.1 Å². The first-order chi connectivity index (χ1) is 6.24. The van der Waals surface area contributed by atoms with Gasteiger partial charge in [0.25, 0.3) is 0 Å². The number of hydrogen-bond donors (Lipinski definition) is 0. The summed E-state index contributed by atoms with van der Waals surface area (Å²) in [6, 6.07) is 0.447. The van der Waals surface area contributed by atoms with Crippen LogP contribution in [-0.4, -0.2) is 21.5 Å². The zero-order valence-electron chi connectivity index (χ0n) is 7.28. The molecule has 0 unspecified atom stereocenters. The van der Waals surface area contributed by atoms with E-state index in [1.54, 1.807) is 24.0 Å². The summed E-state index contributed by atoms with van der Waals surface area (Å²) in [5.41, 5.74) is 1.82. The van der Waals surface area contributed by atoms with Gasteiger partial charge >= 0.3 is 6.01 Å². The number of hydrogen-bond acceptors (Lipinski definition) is 3. The number of rotatable bonds is 1. The summed E-state index contributed by atoms with van der Waals surface area (Å²) in [5.74, 6) is 0. The molecular formula is C8H8ClN3O. The quantitative estimate of drug-likeness (QED) is 0.654. The first-order valence-corrected chi connectivity index (χ1v) is 4.14. The van der Waals surface area contributed by atoms with Gasteiger partial charge in [-0.25, -0.2) is 4.98 Å². The van der Waals surface area contributed by atoms with E-state index in [4.69, 9.17) is 16.3 Å². The highest BCUT2D eigenvalue weighted by Gasteiger charge is 2.08. The average molecular weight is 198 g/mol. The fourth-order valence-corrected chi connectivity index (χ4v) is 1.37. The van der Waals surface area contributed by atoms with Gasteiger partial charge in [-0.2, -0.15) is 4.98 Å². The van der Waals surface area contributed by atoms with Gasteiger partial charge in [0.05, 0.1) is 18.8 Å². The molecule has 2 aromatic rings. The Morgan fingerprint density at radius 3 is 3.00 bits per heavy atom. The molecule has 4 nitrogen and oxygen atoms in total. The van der Waals surface area contributed by atoms with Crippen LogP contribution in [0.15, 0.2) is 12.5 Å². The van der Waals surface area contributed by atoms with Crippen molar-refractivity contribution >= 4 is 17.1 Å². The lowest BCUT2D eigenvalue weighted by Gasteiger charge is -2.05. The second-order valence-corrected chi connectivity index (χ2v) is 3.02. The Hall–Kier alpha value is -1.29. The Bertz CT molecular complexity index is 452. The summed E-state index contributed by atoms with van der Waals surface area (Å²) in [4.78, 5) is 8.05. The number of aromatic nitrogens is 3. The molecule has 5 heteroatoms. The molecule has 13 heavy (non-hydrogen) atoms. The molecule has 0 saturated carbocycles. The second-order valence-electron chi connectivity index (χ2n) is 2.66. The molecule has 0 bridgehead atoms. The third kappa shape index (κ3) is 1.14. The molecule has 0 amide bonds. The molecule has 0 aliphatic rings. The molecule has 0 aliphatic heterocycles. The minimum atomic E-state index is 0.447. The predicted octanol–water partition coefficient (Wildman–Crippen LogP) is 1.70. The molecule has 0 fully saturated rings. The minimum absolute atomic E-state index is 0.447. The maximum atomic E-state index is 5.90. The molecule has 0 radical (unpaired) electrons. The lowest BCUT2D eigenvalue weighted by atomic mass is 10.3. The molecule has 2 rings (SSSR count). The maximum absolute atomic E-state index is 5.90. The van der Waals surface area contributed by atoms with Gasteiger partial charge in [0.2, 0.25) is 0 Å². The molecule has 68 valence electrons. The minimum Gasteiger partial charge on any atom is -0.468 e. The molecular weight excluding hydrogens is 190 g/mol. The number of halogens is 1. The van der Waals surface area contributed by atoms with Crippen LogP contribution in [0.4, 0.5) is 0 Å². The standard InChI is InChI=1S/C8H8ClN3O/c1-5-6-3-10-4-12(6)8(13-2)11-7(5)9/h3-4H,1-2H3. The average Bonchev–Trinajstić information content (AvgIpc) is 2.60. The van der Waals surface area contributed by atoms with E-state index >= 15 is 0 Å². The van der Waals surface area contributed by atoms with Gasteiger partial charge in [0, 0.05) is 5.56 Å². The Morgan fingerprint density at radius 2 is 2.31 bits per heavy atom. The van der Waals surface area contributed by atoms with E-state index < -0.39 is 0 Å². The SMILES string of the molecule is COc1nc(Cl)c(C)c2cncn12. The number of aryl methyl sites for hydroxylation is 1. The van der Waals surface area contributed by atoms with Crippen LogP contribution in [0.2, 0.25) is 5.15 Å². The van der Waals surface area contributed by atoms with Gasteiger partial charge in [-0.05, 0) is 6.92 Å². The van der Waals surface area contributed by atoms with Crippen LogP contribution in [0.25, 0.3) is 5.52 Å². The summed E-state index contributed by atoms with van der Waals surface area (Å²) in [6.45, 7) is 1.89. The van der Waals surface area contributed by atoms with Crippen LogP contribution in [0.3, 0.4) is 0 Å². The van der Waals surface area contributed by atoms with E-state index in [9.17, 15) is 0 Å².